The van der Waals surface area contributed by atoms with Crippen LogP contribution in [0.4, 0.5) is 13.2 Å². The van der Waals surface area contributed by atoms with Crippen molar-refractivity contribution < 1.29 is 27.9 Å². The Morgan fingerprint density at radius 2 is 1.69 bits per heavy atom. The summed E-state index contributed by atoms with van der Waals surface area (Å²) in [4.78, 5) is 26.2. The molecule has 29 heavy (non-hydrogen) atoms. The number of benzene rings is 2. The fourth-order valence-corrected chi connectivity index (χ4v) is 3.25. The lowest BCUT2D eigenvalue weighted by Gasteiger charge is -2.22. The number of carboxylic acid groups (broad SMARTS) is 1. The largest absolute Gasteiger partial charge is 0.478 e. The van der Waals surface area contributed by atoms with Gasteiger partial charge < -0.3 is 15.4 Å². The number of fused-ring (bicyclic) bond motifs is 1. The van der Waals surface area contributed by atoms with Crippen LogP contribution in [0.1, 0.15) is 32.5 Å². The molecule has 1 atom stereocenters. The zero-order valence-corrected chi connectivity index (χ0v) is 16.3. The number of rotatable bonds is 4. The van der Waals surface area contributed by atoms with Crippen molar-refractivity contribution in [3.8, 4) is 0 Å². The lowest BCUT2D eigenvalue weighted by molar-refractivity contribution is -0.155. The lowest BCUT2D eigenvalue weighted by Crippen LogP contribution is -2.38. The Morgan fingerprint density at radius 1 is 1.00 bits per heavy atom. The first kappa shape index (κ1) is 21.3. The summed E-state index contributed by atoms with van der Waals surface area (Å²) in [5.74, 6) is -2.33. The number of aromatic nitrogens is 1. The molecule has 2 aromatic carbocycles. The average Bonchev–Trinajstić information content (AvgIpc) is 3.03. The van der Waals surface area contributed by atoms with Gasteiger partial charge in [0.2, 0.25) is 0 Å². The van der Waals surface area contributed by atoms with E-state index in [9.17, 15) is 22.8 Å². The summed E-state index contributed by atoms with van der Waals surface area (Å²) in [5, 5.41) is 11.2. The topological polar surface area (TPSA) is 82.2 Å². The van der Waals surface area contributed by atoms with Crippen molar-refractivity contribution in [1.82, 2.24) is 10.3 Å². The molecule has 1 amide bonds. The van der Waals surface area contributed by atoms with E-state index in [1.54, 1.807) is 0 Å². The number of halogens is 6. The maximum atomic E-state index is 13.5. The SMILES string of the molecule is O=C(NC(c1ccc(Cl)c(Cl)c1)C(F)(F)F)c1cc2cc(C(=O)O)c(Cl)cc2[nH]1. The van der Waals surface area contributed by atoms with Gasteiger partial charge in [-0.05, 0) is 35.9 Å². The number of alkyl halides is 3. The molecule has 0 aliphatic heterocycles. The number of aromatic amines is 1. The fraction of sp³-hybridized carbons (Fsp3) is 0.111. The second-order valence-electron chi connectivity index (χ2n) is 6.03. The summed E-state index contributed by atoms with van der Waals surface area (Å²) < 4.78 is 40.6. The van der Waals surface area contributed by atoms with Gasteiger partial charge in [0.15, 0.2) is 6.04 Å². The van der Waals surface area contributed by atoms with Crippen molar-refractivity contribution >= 4 is 57.6 Å². The van der Waals surface area contributed by atoms with Gasteiger partial charge in [-0.15, -0.1) is 0 Å². The minimum atomic E-state index is -4.81. The molecule has 0 aliphatic rings. The third-order valence-electron chi connectivity index (χ3n) is 4.06. The van der Waals surface area contributed by atoms with Crippen molar-refractivity contribution in [3.63, 3.8) is 0 Å². The molecule has 152 valence electrons. The Morgan fingerprint density at radius 3 is 2.28 bits per heavy atom. The number of hydrogen-bond acceptors (Lipinski definition) is 2. The molecule has 0 bridgehead atoms. The Kier molecular flexibility index (Phi) is 5.71. The number of H-pyrrole nitrogens is 1. The highest BCUT2D eigenvalue weighted by Crippen LogP contribution is 2.35. The summed E-state index contributed by atoms with van der Waals surface area (Å²) >= 11 is 17.4. The number of nitrogens with one attached hydrogen (secondary N) is 2. The summed E-state index contributed by atoms with van der Waals surface area (Å²) in [5.41, 5.74) is -0.405. The molecule has 5 nitrogen and oxygen atoms in total. The summed E-state index contributed by atoms with van der Waals surface area (Å²) in [7, 11) is 0. The highest BCUT2D eigenvalue weighted by Gasteiger charge is 2.42. The van der Waals surface area contributed by atoms with Crippen LogP contribution in [0.5, 0.6) is 0 Å². The van der Waals surface area contributed by atoms with E-state index in [1.165, 1.54) is 24.3 Å². The molecule has 0 spiro atoms. The second kappa shape index (κ2) is 7.78. The predicted octanol–water partition coefficient (Wildman–Crippen LogP) is 5.86. The van der Waals surface area contributed by atoms with Gasteiger partial charge >= 0.3 is 12.1 Å². The standard InChI is InChI=1S/C18H10Cl3F3N2O3/c19-10-2-1-7(4-12(10)21)15(18(22,23)24)26-16(27)14-5-8-3-9(17(28)29)11(20)6-13(8)25-14/h1-6,15,25H,(H,26,27)(H,28,29). The minimum Gasteiger partial charge on any atom is -0.478 e. The first-order valence-electron chi connectivity index (χ1n) is 7.85. The molecule has 0 fully saturated rings. The number of hydrogen-bond donors (Lipinski definition) is 3. The van der Waals surface area contributed by atoms with Crippen LogP contribution in [0, 0.1) is 0 Å². The summed E-state index contributed by atoms with van der Waals surface area (Å²) in [6, 6.07) is 4.71. The molecule has 0 saturated heterocycles. The van der Waals surface area contributed by atoms with E-state index in [1.807, 2.05) is 5.32 Å². The molecule has 0 aliphatic carbocycles. The fourth-order valence-electron chi connectivity index (χ4n) is 2.70. The van der Waals surface area contributed by atoms with Crippen LogP contribution in [0.25, 0.3) is 10.9 Å². The third kappa shape index (κ3) is 4.44. The van der Waals surface area contributed by atoms with Gasteiger partial charge in [-0.25, -0.2) is 4.79 Å². The second-order valence-corrected chi connectivity index (χ2v) is 7.25. The molecule has 0 saturated carbocycles. The van der Waals surface area contributed by atoms with E-state index in [-0.39, 0.29) is 31.9 Å². The van der Waals surface area contributed by atoms with E-state index in [0.29, 0.717) is 10.9 Å². The molecule has 1 heterocycles. The summed E-state index contributed by atoms with van der Waals surface area (Å²) in [6.07, 6.45) is -4.81. The van der Waals surface area contributed by atoms with Crippen molar-refractivity contribution in [2.75, 3.05) is 0 Å². The van der Waals surface area contributed by atoms with Gasteiger partial charge in [0.05, 0.1) is 20.6 Å². The van der Waals surface area contributed by atoms with Gasteiger partial charge in [0.1, 0.15) is 5.69 Å². The molecule has 0 radical (unpaired) electrons. The van der Waals surface area contributed by atoms with Crippen LogP contribution in [-0.4, -0.2) is 28.1 Å². The molecule has 1 unspecified atom stereocenters. The molecular formula is C18H10Cl3F3N2O3. The molecule has 3 aromatic rings. The van der Waals surface area contributed by atoms with Crippen LogP contribution >= 0.6 is 34.8 Å². The van der Waals surface area contributed by atoms with Crippen molar-refractivity contribution in [3.05, 3.63) is 68.3 Å². The Hall–Kier alpha value is -2.42. The number of carboxylic acids is 1. The maximum Gasteiger partial charge on any atom is 0.412 e. The molecule has 3 rings (SSSR count). The molecule has 1 aromatic heterocycles. The smallest absolute Gasteiger partial charge is 0.412 e. The van der Waals surface area contributed by atoms with E-state index in [0.717, 1.165) is 12.1 Å². The van der Waals surface area contributed by atoms with E-state index < -0.39 is 24.1 Å². The van der Waals surface area contributed by atoms with E-state index >= 15 is 0 Å². The van der Waals surface area contributed by atoms with E-state index in [4.69, 9.17) is 39.9 Å². The number of aromatic carboxylic acids is 1. The van der Waals surface area contributed by atoms with Crippen LogP contribution in [0.15, 0.2) is 36.4 Å². The Labute approximate surface area is 176 Å². The molecule has 11 heteroatoms. The highest BCUT2D eigenvalue weighted by atomic mass is 35.5. The monoisotopic (exact) mass is 464 g/mol. The average molecular weight is 466 g/mol. The Balaban J connectivity index is 1.95. The zero-order chi connectivity index (χ0) is 21.5. The zero-order valence-electron chi connectivity index (χ0n) is 14.1. The molecule has 3 N–H and O–H groups in total. The van der Waals surface area contributed by atoms with Crippen molar-refractivity contribution in [1.29, 1.82) is 0 Å². The van der Waals surface area contributed by atoms with Crippen LogP contribution in [-0.2, 0) is 0 Å². The normalized spacial score (nSPS) is 12.8. The van der Waals surface area contributed by atoms with Gasteiger partial charge in [0, 0.05) is 10.9 Å². The molecular weight excluding hydrogens is 456 g/mol. The van der Waals surface area contributed by atoms with Crippen molar-refractivity contribution in [2.45, 2.75) is 12.2 Å². The van der Waals surface area contributed by atoms with Crippen LogP contribution in [0.2, 0.25) is 15.1 Å². The first-order chi connectivity index (χ1) is 13.5. The minimum absolute atomic E-state index is 0.0735. The van der Waals surface area contributed by atoms with Crippen molar-refractivity contribution in [2.24, 2.45) is 0 Å². The van der Waals surface area contributed by atoms with Gasteiger partial charge in [-0.3, -0.25) is 4.79 Å². The quantitative estimate of drug-likeness (QED) is 0.451. The highest BCUT2D eigenvalue weighted by molar-refractivity contribution is 6.42. The van der Waals surface area contributed by atoms with Crippen LogP contribution < -0.4 is 5.32 Å². The first-order valence-corrected chi connectivity index (χ1v) is 8.99. The number of carbonyl (C=O) groups excluding carboxylic acids is 1. The number of amides is 1. The van der Waals surface area contributed by atoms with Gasteiger partial charge in [0.25, 0.3) is 5.91 Å². The van der Waals surface area contributed by atoms with Gasteiger partial charge in [-0.1, -0.05) is 40.9 Å². The van der Waals surface area contributed by atoms with E-state index in [2.05, 4.69) is 4.98 Å². The predicted molar refractivity (Wildman–Crippen MR) is 103 cm³/mol. The third-order valence-corrected chi connectivity index (χ3v) is 5.11. The Bertz CT molecular complexity index is 1130. The lowest BCUT2D eigenvalue weighted by atomic mass is 10.1. The maximum absolute atomic E-state index is 13.5. The summed E-state index contributed by atoms with van der Waals surface area (Å²) in [6.45, 7) is 0. The van der Waals surface area contributed by atoms with Gasteiger partial charge in [-0.2, -0.15) is 13.2 Å². The van der Waals surface area contributed by atoms with Crippen LogP contribution in [0.3, 0.4) is 0 Å². The number of carbonyl (C=O) groups is 2.